The normalized spacial score (nSPS) is 25.4. The van der Waals surface area contributed by atoms with Crippen LogP contribution in [0.25, 0.3) is 0 Å². The van der Waals surface area contributed by atoms with Gasteiger partial charge in [-0.1, -0.05) is 12.5 Å². The summed E-state index contributed by atoms with van der Waals surface area (Å²) in [6.45, 7) is 1.59. The fourth-order valence-corrected chi connectivity index (χ4v) is 3.24. The van der Waals surface area contributed by atoms with Gasteiger partial charge in [0.2, 0.25) is 0 Å². The van der Waals surface area contributed by atoms with Crippen LogP contribution in [-0.2, 0) is 0 Å². The van der Waals surface area contributed by atoms with Crippen LogP contribution in [0.3, 0.4) is 0 Å². The number of pyridine rings is 1. The van der Waals surface area contributed by atoms with Gasteiger partial charge in [-0.05, 0) is 36.8 Å². The molecule has 0 bridgehead atoms. The van der Waals surface area contributed by atoms with Crippen molar-refractivity contribution in [3.8, 4) is 0 Å². The molecule has 1 aliphatic heterocycles. The van der Waals surface area contributed by atoms with Crippen molar-refractivity contribution in [2.24, 2.45) is 11.8 Å². The van der Waals surface area contributed by atoms with Crippen LogP contribution in [0, 0.1) is 11.8 Å². The monoisotopic (exact) mass is 260 g/mol. The van der Waals surface area contributed by atoms with Crippen LogP contribution in [0.1, 0.15) is 40.2 Å². The molecule has 2 heterocycles. The topological polar surface area (TPSA) is 70.5 Å². The van der Waals surface area contributed by atoms with Gasteiger partial charge in [-0.3, -0.25) is 4.79 Å². The number of aromatic nitrogens is 1. The zero-order valence-electron chi connectivity index (χ0n) is 10.6. The van der Waals surface area contributed by atoms with E-state index in [1.807, 2.05) is 4.90 Å². The largest absolute Gasteiger partial charge is 0.477 e. The molecule has 1 aliphatic carbocycles. The summed E-state index contributed by atoms with van der Waals surface area (Å²) in [5.41, 5.74) is 0.158. The van der Waals surface area contributed by atoms with Crippen LogP contribution in [0.4, 0.5) is 0 Å². The number of hydrogen-bond donors (Lipinski definition) is 1. The molecule has 0 spiro atoms. The highest BCUT2D eigenvalue weighted by Gasteiger charge is 2.38. The molecular formula is C14H16N2O3. The zero-order valence-corrected chi connectivity index (χ0v) is 10.6. The molecule has 2 unspecified atom stereocenters. The van der Waals surface area contributed by atoms with E-state index in [2.05, 4.69) is 4.98 Å². The quantitative estimate of drug-likeness (QED) is 0.877. The Balaban J connectivity index is 1.77. The molecule has 1 aromatic heterocycles. The number of fused-ring (bicyclic) bond motifs is 1. The first-order valence-corrected chi connectivity index (χ1v) is 6.65. The molecule has 1 amide bonds. The summed E-state index contributed by atoms with van der Waals surface area (Å²) in [5, 5.41) is 8.90. The Bertz CT molecular complexity index is 517. The maximum Gasteiger partial charge on any atom is 0.354 e. The second-order valence-electron chi connectivity index (χ2n) is 5.37. The van der Waals surface area contributed by atoms with E-state index in [4.69, 9.17) is 5.11 Å². The highest BCUT2D eigenvalue weighted by atomic mass is 16.4. The lowest BCUT2D eigenvalue weighted by molar-refractivity contribution is 0.0690. The van der Waals surface area contributed by atoms with Crippen molar-refractivity contribution >= 4 is 11.9 Å². The number of carbonyl (C=O) groups excluding carboxylic acids is 1. The summed E-state index contributed by atoms with van der Waals surface area (Å²) in [6.07, 6.45) is 3.68. The molecule has 5 nitrogen and oxygen atoms in total. The number of carboxylic acids is 1. The molecule has 2 atom stereocenters. The van der Waals surface area contributed by atoms with Crippen molar-refractivity contribution in [1.29, 1.82) is 0 Å². The molecule has 1 saturated carbocycles. The maximum atomic E-state index is 12.3. The number of rotatable bonds is 2. The fraction of sp³-hybridized carbons (Fsp3) is 0.500. The molecule has 19 heavy (non-hydrogen) atoms. The van der Waals surface area contributed by atoms with E-state index < -0.39 is 5.97 Å². The molecule has 5 heteroatoms. The highest BCUT2D eigenvalue weighted by molar-refractivity contribution is 5.94. The predicted molar refractivity (Wildman–Crippen MR) is 67.9 cm³/mol. The van der Waals surface area contributed by atoms with E-state index in [9.17, 15) is 9.59 Å². The van der Waals surface area contributed by atoms with Gasteiger partial charge < -0.3 is 10.0 Å². The van der Waals surface area contributed by atoms with Crippen LogP contribution in [0.2, 0.25) is 0 Å². The summed E-state index contributed by atoms with van der Waals surface area (Å²) >= 11 is 0. The summed E-state index contributed by atoms with van der Waals surface area (Å²) in [7, 11) is 0. The van der Waals surface area contributed by atoms with Crippen LogP contribution in [0.15, 0.2) is 18.2 Å². The molecule has 2 fully saturated rings. The molecular weight excluding hydrogens is 244 g/mol. The minimum atomic E-state index is -1.10. The van der Waals surface area contributed by atoms with Gasteiger partial charge in [0.15, 0.2) is 0 Å². The highest BCUT2D eigenvalue weighted by Crippen LogP contribution is 2.38. The first-order valence-electron chi connectivity index (χ1n) is 6.65. The van der Waals surface area contributed by atoms with E-state index >= 15 is 0 Å². The van der Waals surface area contributed by atoms with Gasteiger partial charge in [0.05, 0.1) is 0 Å². The fourth-order valence-electron chi connectivity index (χ4n) is 3.24. The van der Waals surface area contributed by atoms with Gasteiger partial charge >= 0.3 is 5.97 Å². The van der Waals surface area contributed by atoms with Gasteiger partial charge in [-0.25, -0.2) is 9.78 Å². The Labute approximate surface area is 111 Å². The molecule has 100 valence electrons. The van der Waals surface area contributed by atoms with Gasteiger partial charge in [-0.2, -0.15) is 0 Å². The molecule has 1 aromatic rings. The predicted octanol–water partition coefficient (Wildman–Crippen LogP) is 1.65. The molecule has 1 saturated heterocycles. The van der Waals surface area contributed by atoms with Crippen LogP contribution in [0.5, 0.6) is 0 Å². The van der Waals surface area contributed by atoms with E-state index in [-0.39, 0.29) is 17.3 Å². The number of carboxylic acid groups (broad SMARTS) is 1. The Morgan fingerprint density at radius 2 is 1.79 bits per heavy atom. The Hall–Kier alpha value is -1.91. The average Bonchev–Trinajstić information content (AvgIpc) is 2.98. The third kappa shape index (κ3) is 2.20. The van der Waals surface area contributed by atoms with E-state index in [0.29, 0.717) is 11.8 Å². The minimum absolute atomic E-state index is 0.0785. The first kappa shape index (κ1) is 12.1. The Morgan fingerprint density at radius 1 is 1.16 bits per heavy atom. The van der Waals surface area contributed by atoms with Crippen molar-refractivity contribution < 1.29 is 14.7 Å². The Morgan fingerprint density at radius 3 is 2.42 bits per heavy atom. The van der Waals surface area contributed by atoms with E-state index in [0.717, 1.165) is 13.1 Å². The minimum Gasteiger partial charge on any atom is -0.477 e. The van der Waals surface area contributed by atoms with Crippen molar-refractivity contribution in [3.63, 3.8) is 0 Å². The number of nitrogens with zero attached hydrogens (tertiary/aromatic N) is 2. The van der Waals surface area contributed by atoms with Crippen molar-refractivity contribution in [1.82, 2.24) is 9.88 Å². The van der Waals surface area contributed by atoms with Crippen molar-refractivity contribution in [2.75, 3.05) is 13.1 Å². The van der Waals surface area contributed by atoms with Crippen molar-refractivity contribution in [3.05, 3.63) is 29.6 Å². The van der Waals surface area contributed by atoms with Gasteiger partial charge in [-0.15, -0.1) is 0 Å². The van der Waals surface area contributed by atoms with Crippen LogP contribution in [-0.4, -0.2) is 40.0 Å². The second kappa shape index (κ2) is 4.64. The maximum absolute atomic E-state index is 12.3. The number of hydrogen-bond acceptors (Lipinski definition) is 3. The second-order valence-corrected chi connectivity index (χ2v) is 5.37. The SMILES string of the molecule is O=C(O)c1cccc(C(=O)N2CC3CCCC3C2)n1. The number of carbonyl (C=O) groups is 2. The number of amides is 1. The standard InChI is InChI=1S/C14H16N2O3/c17-13(11-5-2-6-12(15-11)14(18)19)16-7-9-3-1-4-10(9)8-16/h2,5-6,9-10H,1,3-4,7-8H2,(H,18,19). The lowest BCUT2D eigenvalue weighted by atomic mass is 10.0. The summed E-state index contributed by atoms with van der Waals surface area (Å²) in [5.74, 6) is 0.0173. The van der Waals surface area contributed by atoms with E-state index in [1.54, 1.807) is 12.1 Å². The molecule has 0 radical (unpaired) electrons. The zero-order chi connectivity index (χ0) is 13.4. The smallest absolute Gasteiger partial charge is 0.354 e. The lowest BCUT2D eigenvalue weighted by Crippen LogP contribution is -2.30. The Kier molecular flexibility index (Phi) is 2.97. The first-order chi connectivity index (χ1) is 9.15. The molecule has 3 rings (SSSR count). The number of likely N-dealkylation sites (tertiary alicyclic amines) is 1. The summed E-state index contributed by atoms with van der Waals surface area (Å²) in [6, 6.07) is 4.56. The third-order valence-electron chi connectivity index (χ3n) is 4.20. The third-order valence-corrected chi connectivity index (χ3v) is 4.20. The lowest BCUT2D eigenvalue weighted by Gasteiger charge is -2.16. The van der Waals surface area contributed by atoms with Gasteiger partial charge in [0, 0.05) is 13.1 Å². The van der Waals surface area contributed by atoms with Crippen LogP contribution < -0.4 is 0 Å². The number of aromatic carboxylic acids is 1. The van der Waals surface area contributed by atoms with Gasteiger partial charge in [0.1, 0.15) is 11.4 Å². The molecule has 2 aliphatic rings. The van der Waals surface area contributed by atoms with Crippen LogP contribution >= 0.6 is 0 Å². The average molecular weight is 260 g/mol. The summed E-state index contributed by atoms with van der Waals surface area (Å²) < 4.78 is 0. The summed E-state index contributed by atoms with van der Waals surface area (Å²) in [4.78, 5) is 28.9. The molecule has 1 N–H and O–H groups in total. The van der Waals surface area contributed by atoms with E-state index in [1.165, 1.54) is 25.3 Å². The molecule has 0 aromatic carbocycles. The van der Waals surface area contributed by atoms with Gasteiger partial charge in [0.25, 0.3) is 5.91 Å². The van der Waals surface area contributed by atoms with Crippen molar-refractivity contribution in [2.45, 2.75) is 19.3 Å².